The van der Waals surface area contributed by atoms with Gasteiger partial charge in [-0.15, -0.1) is 11.8 Å². The van der Waals surface area contributed by atoms with Gasteiger partial charge >= 0.3 is 0 Å². The summed E-state index contributed by atoms with van der Waals surface area (Å²) in [6, 6.07) is 5.99. The lowest BCUT2D eigenvalue weighted by atomic mass is 10.2. The van der Waals surface area contributed by atoms with Gasteiger partial charge in [0.1, 0.15) is 0 Å². The van der Waals surface area contributed by atoms with Crippen LogP contribution in [-0.2, 0) is 14.8 Å². The van der Waals surface area contributed by atoms with Crippen molar-refractivity contribution in [2.45, 2.75) is 24.3 Å². The molecule has 1 fully saturated rings. The molecule has 0 radical (unpaired) electrons. The third kappa shape index (κ3) is 4.44. The first kappa shape index (κ1) is 16.3. The van der Waals surface area contributed by atoms with E-state index in [1.54, 1.807) is 23.9 Å². The van der Waals surface area contributed by atoms with E-state index in [9.17, 15) is 13.2 Å². The van der Waals surface area contributed by atoms with Gasteiger partial charge in [-0.05, 0) is 30.7 Å². The quantitative estimate of drug-likeness (QED) is 0.724. The fraction of sp³-hybridized carbons (Fsp3) is 0.462. The standard InChI is InChI=1S/C13H19N3O3S2/c1-2-7-15-21(18,19)11-5-3-10(4-6-11)16-13(17)12-8-20-9-14-12/h3-6,12,14-15H,2,7-9H2,1H3,(H,16,17). The van der Waals surface area contributed by atoms with Gasteiger partial charge in [-0.2, -0.15) is 0 Å². The van der Waals surface area contributed by atoms with Crippen LogP contribution < -0.4 is 15.4 Å². The lowest BCUT2D eigenvalue weighted by Crippen LogP contribution is -2.37. The van der Waals surface area contributed by atoms with Gasteiger partial charge in [0, 0.05) is 23.9 Å². The maximum Gasteiger partial charge on any atom is 0.242 e. The number of amides is 1. The minimum absolute atomic E-state index is 0.0975. The largest absolute Gasteiger partial charge is 0.325 e. The number of hydrogen-bond acceptors (Lipinski definition) is 5. The summed E-state index contributed by atoms with van der Waals surface area (Å²) < 4.78 is 26.3. The molecule has 0 aromatic heterocycles. The van der Waals surface area contributed by atoms with Crippen LogP contribution in [0.5, 0.6) is 0 Å². The van der Waals surface area contributed by atoms with Crippen molar-refractivity contribution in [1.82, 2.24) is 10.0 Å². The molecule has 21 heavy (non-hydrogen) atoms. The Morgan fingerprint density at radius 2 is 2.10 bits per heavy atom. The lowest BCUT2D eigenvalue weighted by Gasteiger charge is -2.11. The van der Waals surface area contributed by atoms with Crippen molar-refractivity contribution in [3.8, 4) is 0 Å². The van der Waals surface area contributed by atoms with Crippen LogP contribution >= 0.6 is 11.8 Å². The van der Waals surface area contributed by atoms with Gasteiger partial charge in [-0.3, -0.25) is 10.1 Å². The topological polar surface area (TPSA) is 87.3 Å². The molecule has 0 spiro atoms. The molecule has 8 heteroatoms. The van der Waals surface area contributed by atoms with Gasteiger partial charge in [0.15, 0.2) is 0 Å². The third-order valence-corrected chi connectivity index (χ3v) is 5.42. The van der Waals surface area contributed by atoms with E-state index in [4.69, 9.17) is 0 Å². The van der Waals surface area contributed by atoms with E-state index in [1.165, 1.54) is 12.1 Å². The van der Waals surface area contributed by atoms with Crippen LogP contribution in [0.1, 0.15) is 13.3 Å². The van der Waals surface area contributed by atoms with Crippen LogP contribution in [0.15, 0.2) is 29.2 Å². The summed E-state index contributed by atoms with van der Waals surface area (Å²) in [5.74, 6) is 1.43. The van der Waals surface area contributed by atoms with Gasteiger partial charge in [-0.25, -0.2) is 13.1 Å². The molecule has 0 aliphatic carbocycles. The Labute approximate surface area is 129 Å². The smallest absolute Gasteiger partial charge is 0.242 e. The van der Waals surface area contributed by atoms with Crippen molar-refractivity contribution in [3.63, 3.8) is 0 Å². The number of carbonyl (C=O) groups excluding carboxylic acids is 1. The van der Waals surface area contributed by atoms with Gasteiger partial charge in [0.2, 0.25) is 15.9 Å². The van der Waals surface area contributed by atoms with E-state index >= 15 is 0 Å². The van der Waals surface area contributed by atoms with Gasteiger partial charge in [0.25, 0.3) is 0 Å². The predicted molar refractivity (Wildman–Crippen MR) is 84.8 cm³/mol. The molecular weight excluding hydrogens is 310 g/mol. The third-order valence-electron chi connectivity index (χ3n) is 3.01. The number of nitrogens with one attached hydrogen (secondary N) is 3. The van der Waals surface area contributed by atoms with Crippen LogP contribution in [0.3, 0.4) is 0 Å². The van der Waals surface area contributed by atoms with Crippen molar-refractivity contribution < 1.29 is 13.2 Å². The Morgan fingerprint density at radius 1 is 1.38 bits per heavy atom. The van der Waals surface area contributed by atoms with Crippen molar-refractivity contribution in [3.05, 3.63) is 24.3 Å². The van der Waals surface area contributed by atoms with Crippen molar-refractivity contribution >= 4 is 33.4 Å². The first-order valence-corrected chi connectivity index (χ1v) is 9.38. The van der Waals surface area contributed by atoms with Crippen LogP contribution in [0, 0.1) is 0 Å². The Kier molecular flexibility index (Phi) is 5.63. The minimum atomic E-state index is -3.46. The number of benzene rings is 1. The molecule has 3 N–H and O–H groups in total. The molecule has 1 aromatic carbocycles. The van der Waals surface area contributed by atoms with Gasteiger partial charge in [0.05, 0.1) is 10.9 Å². The molecule has 2 rings (SSSR count). The van der Waals surface area contributed by atoms with E-state index in [2.05, 4.69) is 15.4 Å². The molecule has 1 saturated heterocycles. The molecular formula is C13H19N3O3S2. The summed E-state index contributed by atoms with van der Waals surface area (Å²) >= 11 is 1.67. The average molecular weight is 329 g/mol. The second-order valence-electron chi connectivity index (χ2n) is 4.68. The molecule has 0 saturated carbocycles. The molecule has 1 unspecified atom stereocenters. The Hall–Kier alpha value is -1.09. The molecule has 1 atom stereocenters. The first-order chi connectivity index (χ1) is 10.0. The average Bonchev–Trinajstić information content (AvgIpc) is 3.00. The second-order valence-corrected chi connectivity index (χ2v) is 7.48. The second kappa shape index (κ2) is 7.26. The van der Waals surface area contributed by atoms with Crippen LogP contribution in [0.4, 0.5) is 5.69 Å². The molecule has 1 amide bonds. The van der Waals surface area contributed by atoms with E-state index in [0.29, 0.717) is 12.2 Å². The molecule has 6 nitrogen and oxygen atoms in total. The number of carbonyl (C=O) groups is 1. The van der Waals surface area contributed by atoms with Crippen LogP contribution in [0.2, 0.25) is 0 Å². The molecule has 0 bridgehead atoms. The number of sulfonamides is 1. The Balaban J connectivity index is 2.00. The summed E-state index contributed by atoms with van der Waals surface area (Å²) in [7, 11) is -3.46. The summed E-state index contributed by atoms with van der Waals surface area (Å²) in [4.78, 5) is 12.1. The highest BCUT2D eigenvalue weighted by Gasteiger charge is 2.22. The van der Waals surface area contributed by atoms with E-state index < -0.39 is 10.0 Å². The Bertz CT molecular complexity index is 581. The highest BCUT2D eigenvalue weighted by molar-refractivity contribution is 7.99. The Morgan fingerprint density at radius 3 is 2.67 bits per heavy atom. The van der Waals surface area contributed by atoms with Gasteiger partial charge in [-0.1, -0.05) is 6.92 Å². The molecule has 1 aliphatic rings. The normalized spacial score (nSPS) is 18.6. The summed E-state index contributed by atoms with van der Waals surface area (Å²) in [6.45, 7) is 2.31. The first-order valence-electron chi connectivity index (χ1n) is 6.74. The minimum Gasteiger partial charge on any atom is -0.325 e. The van der Waals surface area contributed by atoms with Gasteiger partial charge < -0.3 is 5.32 Å². The molecule has 116 valence electrons. The zero-order valence-electron chi connectivity index (χ0n) is 11.8. The zero-order valence-corrected chi connectivity index (χ0v) is 13.4. The van der Waals surface area contributed by atoms with E-state index in [0.717, 1.165) is 18.1 Å². The van der Waals surface area contributed by atoms with E-state index in [-0.39, 0.29) is 16.8 Å². The maximum absolute atomic E-state index is 11.9. The highest BCUT2D eigenvalue weighted by atomic mass is 32.2. The van der Waals surface area contributed by atoms with Crippen molar-refractivity contribution in [1.29, 1.82) is 0 Å². The van der Waals surface area contributed by atoms with Crippen LogP contribution in [-0.4, -0.2) is 38.5 Å². The fourth-order valence-corrected chi connectivity index (χ4v) is 3.91. The maximum atomic E-state index is 11.9. The molecule has 1 aliphatic heterocycles. The number of thioether (sulfide) groups is 1. The molecule has 1 aromatic rings. The lowest BCUT2D eigenvalue weighted by molar-refractivity contribution is -0.117. The fourth-order valence-electron chi connectivity index (χ4n) is 1.83. The predicted octanol–water partition coefficient (Wildman–Crippen LogP) is 0.976. The van der Waals surface area contributed by atoms with Crippen molar-refractivity contribution in [2.75, 3.05) is 23.5 Å². The molecule has 1 heterocycles. The number of rotatable bonds is 6. The SMILES string of the molecule is CCCNS(=O)(=O)c1ccc(NC(=O)C2CSCN2)cc1. The number of hydrogen-bond donors (Lipinski definition) is 3. The summed E-state index contributed by atoms with van der Waals surface area (Å²) in [5.41, 5.74) is 0.591. The highest BCUT2D eigenvalue weighted by Crippen LogP contribution is 2.16. The zero-order chi connectivity index (χ0) is 15.3. The van der Waals surface area contributed by atoms with E-state index in [1.807, 2.05) is 6.92 Å². The summed E-state index contributed by atoms with van der Waals surface area (Å²) in [6.07, 6.45) is 0.736. The van der Waals surface area contributed by atoms with Crippen LogP contribution in [0.25, 0.3) is 0 Å². The monoisotopic (exact) mass is 329 g/mol. The number of anilines is 1. The summed E-state index contributed by atoms with van der Waals surface area (Å²) in [5, 5.41) is 5.86. The van der Waals surface area contributed by atoms with Crippen molar-refractivity contribution in [2.24, 2.45) is 0 Å².